The molecule has 2 aromatic carbocycles. The topological polar surface area (TPSA) is 46.3 Å². The number of carbonyl (C=O) groups is 1. The van der Waals surface area contributed by atoms with E-state index in [0.29, 0.717) is 23.6 Å². The summed E-state index contributed by atoms with van der Waals surface area (Å²) in [5.41, 5.74) is 5.83. The van der Waals surface area contributed by atoms with Gasteiger partial charge in [-0.15, -0.1) is 0 Å². The van der Waals surface area contributed by atoms with Crippen LogP contribution >= 0.6 is 0 Å². The number of furan rings is 1. The first-order valence-electron chi connectivity index (χ1n) is 9.50. The van der Waals surface area contributed by atoms with Crippen molar-refractivity contribution in [2.45, 2.75) is 19.9 Å². The molecule has 0 N–H and O–H groups in total. The minimum absolute atomic E-state index is 0.0420. The number of aryl methyl sites for hydroxylation is 1. The molecule has 138 valence electrons. The van der Waals surface area contributed by atoms with Crippen molar-refractivity contribution >= 4 is 16.8 Å². The van der Waals surface area contributed by atoms with Crippen LogP contribution in [-0.2, 0) is 13.0 Å². The van der Waals surface area contributed by atoms with Crippen molar-refractivity contribution in [3.05, 3.63) is 89.2 Å². The summed E-state index contributed by atoms with van der Waals surface area (Å²) in [6, 6.07) is 20.0. The molecule has 1 aliphatic heterocycles. The molecule has 1 amide bonds. The van der Waals surface area contributed by atoms with Crippen LogP contribution in [0.25, 0.3) is 22.4 Å². The largest absolute Gasteiger partial charge is 0.463 e. The Kier molecular flexibility index (Phi) is 3.97. The van der Waals surface area contributed by atoms with Gasteiger partial charge in [-0.2, -0.15) is 0 Å². The number of aromatic nitrogens is 1. The Bertz CT molecular complexity index is 1180. The van der Waals surface area contributed by atoms with Crippen molar-refractivity contribution in [1.29, 1.82) is 0 Å². The van der Waals surface area contributed by atoms with E-state index in [2.05, 4.69) is 18.2 Å². The molecule has 0 bridgehead atoms. The molecule has 4 aromatic rings. The number of hydrogen-bond acceptors (Lipinski definition) is 3. The fourth-order valence-electron chi connectivity index (χ4n) is 3.91. The number of nitrogens with zero attached hydrogens (tertiary/aromatic N) is 2. The maximum atomic E-state index is 13.5. The summed E-state index contributed by atoms with van der Waals surface area (Å²) in [4.78, 5) is 20.2. The molecular weight excluding hydrogens is 348 g/mol. The Labute approximate surface area is 163 Å². The van der Waals surface area contributed by atoms with E-state index in [4.69, 9.17) is 9.40 Å². The average Bonchev–Trinajstić information content (AvgIpc) is 3.27. The van der Waals surface area contributed by atoms with Gasteiger partial charge in [-0.3, -0.25) is 4.79 Å². The quantitative estimate of drug-likeness (QED) is 0.500. The molecule has 0 spiro atoms. The van der Waals surface area contributed by atoms with E-state index in [0.717, 1.165) is 29.4 Å². The van der Waals surface area contributed by atoms with E-state index < -0.39 is 0 Å². The normalized spacial score (nSPS) is 13.5. The third kappa shape index (κ3) is 2.87. The lowest BCUT2D eigenvalue weighted by molar-refractivity contribution is 0.0736. The van der Waals surface area contributed by atoms with Gasteiger partial charge in [-0.05, 0) is 54.8 Å². The van der Waals surface area contributed by atoms with Gasteiger partial charge in [0.25, 0.3) is 5.91 Å². The number of pyridine rings is 1. The molecular formula is C24H20N2O2. The zero-order valence-electron chi connectivity index (χ0n) is 15.7. The molecule has 3 heterocycles. The molecule has 0 saturated carbocycles. The lowest BCUT2D eigenvalue weighted by atomic mass is 9.98. The molecule has 28 heavy (non-hydrogen) atoms. The van der Waals surface area contributed by atoms with E-state index >= 15 is 0 Å². The first kappa shape index (κ1) is 16.8. The van der Waals surface area contributed by atoms with Gasteiger partial charge in [0.15, 0.2) is 5.76 Å². The first-order chi connectivity index (χ1) is 13.7. The van der Waals surface area contributed by atoms with Crippen LogP contribution in [0.15, 0.2) is 71.3 Å². The van der Waals surface area contributed by atoms with Gasteiger partial charge < -0.3 is 9.32 Å². The van der Waals surface area contributed by atoms with Crippen molar-refractivity contribution in [3.63, 3.8) is 0 Å². The highest BCUT2D eigenvalue weighted by molar-refractivity contribution is 6.07. The molecule has 2 aromatic heterocycles. The minimum Gasteiger partial charge on any atom is -0.463 e. The summed E-state index contributed by atoms with van der Waals surface area (Å²) in [5, 5.41) is 0.888. The highest BCUT2D eigenvalue weighted by Gasteiger charge is 2.24. The second-order valence-corrected chi connectivity index (χ2v) is 7.30. The third-order valence-electron chi connectivity index (χ3n) is 5.39. The molecule has 4 nitrogen and oxygen atoms in total. The summed E-state index contributed by atoms with van der Waals surface area (Å²) in [7, 11) is 0. The van der Waals surface area contributed by atoms with Crippen LogP contribution in [0.3, 0.4) is 0 Å². The SMILES string of the molecule is Cc1ccc2nc(-c3ccco3)cc(C(=O)N3CCc4ccccc4C3)c2c1. The number of rotatable bonds is 2. The highest BCUT2D eigenvalue weighted by atomic mass is 16.3. The van der Waals surface area contributed by atoms with E-state index in [-0.39, 0.29) is 5.91 Å². The fraction of sp³-hybridized carbons (Fsp3) is 0.167. The maximum Gasteiger partial charge on any atom is 0.254 e. The average molecular weight is 368 g/mol. The standard InChI is InChI=1S/C24H20N2O2/c1-16-8-9-21-19(13-16)20(14-22(25-21)23-7-4-12-28-23)24(27)26-11-10-17-5-2-3-6-18(17)15-26/h2-9,12-14H,10-11,15H2,1H3. The monoisotopic (exact) mass is 368 g/mol. The van der Waals surface area contributed by atoms with Gasteiger partial charge in [0.05, 0.1) is 17.3 Å². The Balaban J connectivity index is 1.61. The molecule has 4 heteroatoms. The minimum atomic E-state index is 0.0420. The molecule has 1 aliphatic rings. The van der Waals surface area contributed by atoms with Crippen molar-refractivity contribution < 1.29 is 9.21 Å². The van der Waals surface area contributed by atoms with Crippen molar-refractivity contribution in [2.24, 2.45) is 0 Å². The van der Waals surface area contributed by atoms with Gasteiger partial charge in [-0.25, -0.2) is 4.98 Å². The number of benzene rings is 2. The van der Waals surface area contributed by atoms with Gasteiger partial charge in [0.2, 0.25) is 0 Å². The number of amides is 1. The van der Waals surface area contributed by atoms with E-state index in [9.17, 15) is 4.79 Å². The Hall–Kier alpha value is -3.40. The van der Waals surface area contributed by atoms with Gasteiger partial charge >= 0.3 is 0 Å². The Morgan fingerprint density at radius 1 is 1.04 bits per heavy atom. The van der Waals surface area contributed by atoms with Crippen LogP contribution in [0.1, 0.15) is 27.0 Å². The molecule has 0 fully saturated rings. The summed E-state index contributed by atoms with van der Waals surface area (Å²) in [5.74, 6) is 0.709. The van der Waals surface area contributed by atoms with Crippen molar-refractivity contribution in [2.75, 3.05) is 6.54 Å². The second kappa shape index (κ2) is 6.64. The maximum absolute atomic E-state index is 13.5. The van der Waals surface area contributed by atoms with Crippen LogP contribution in [0.2, 0.25) is 0 Å². The van der Waals surface area contributed by atoms with Crippen LogP contribution in [0.5, 0.6) is 0 Å². The van der Waals surface area contributed by atoms with Crippen LogP contribution in [0.4, 0.5) is 0 Å². The summed E-state index contributed by atoms with van der Waals surface area (Å²) in [6.07, 6.45) is 2.51. The Morgan fingerprint density at radius 2 is 1.89 bits per heavy atom. The zero-order chi connectivity index (χ0) is 19.1. The van der Waals surface area contributed by atoms with E-state index in [1.54, 1.807) is 6.26 Å². The third-order valence-corrected chi connectivity index (χ3v) is 5.39. The zero-order valence-corrected chi connectivity index (χ0v) is 15.7. The summed E-state index contributed by atoms with van der Waals surface area (Å²) < 4.78 is 5.53. The van der Waals surface area contributed by atoms with Gasteiger partial charge in [0, 0.05) is 18.5 Å². The van der Waals surface area contributed by atoms with E-state index in [1.165, 1.54) is 11.1 Å². The second-order valence-electron chi connectivity index (χ2n) is 7.30. The molecule has 0 atom stereocenters. The molecule has 0 radical (unpaired) electrons. The number of fused-ring (bicyclic) bond motifs is 2. The highest BCUT2D eigenvalue weighted by Crippen LogP contribution is 2.28. The van der Waals surface area contributed by atoms with Crippen molar-refractivity contribution in [1.82, 2.24) is 9.88 Å². The van der Waals surface area contributed by atoms with Gasteiger partial charge in [0.1, 0.15) is 5.69 Å². The van der Waals surface area contributed by atoms with Crippen LogP contribution in [-0.4, -0.2) is 22.3 Å². The predicted octanol–water partition coefficient (Wildman–Crippen LogP) is 5.00. The summed E-state index contributed by atoms with van der Waals surface area (Å²) in [6.45, 7) is 3.40. The molecule has 0 unspecified atom stereocenters. The number of carbonyl (C=O) groups excluding carboxylic acids is 1. The Morgan fingerprint density at radius 3 is 2.71 bits per heavy atom. The molecule has 5 rings (SSSR count). The first-order valence-corrected chi connectivity index (χ1v) is 9.50. The fourth-order valence-corrected chi connectivity index (χ4v) is 3.91. The molecule has 0 aliphatic carbocycles. The van der Waals surface area contributed by atoms with Crippen LogP contribution < -0.4 is 0 Å². The van der Waals surface area contributed by atoms with Crippen LogP contribution in [0, 0.1) is 6.92 Å². The van der Waals surface area contributed by atoms with E-state index in [1.807, 2.05) is 54.3 Å². The predicted molar refractivity (Wildman–Crippen MR) is 109 cm³/mol. The lowest BCUT2D eigenvalue weighted by Crippen LogP contribution is -2.36. The van der Waals surface area contributed by atoms with Gasteiger partial charge in [-0.1, -0.05) is 35.9 Å². The summed E-state index contributed by atoms with van der Waals surface area (Å²) >= 11 is 0. The van der Waals surface area contributed by atoms with Crippen molar-refractivity contribution in [3.8, 4) is 11.5 Å². The smallest absolute Gasteiger partial charge is 0.254 e. The lowest BCUT2D eigenvalue weighted by Gasteiger charge is -2.29. The molecule has 0 saturated heterocycles. The number of hydrogen-bond donors (Lipinski definition) is 0.